The fraction of sp³-hybridized carbons (Fsp3) is 0.529. The zero-order valence-corrected chi connectivity index (χ0v) is 14.5. The summed E-state index contributed by atoms with van der Waals surface area (Å²) in [4.78, 5) is 27.8. The molecule has 1 saturated heterocycles. The topological polar surface area (TPSA) is 73.9 Å². The highest BCUT2D eigenvalue weighted by Gasteiger charge is 2.31. The van der Waals surface area contributed by atoms with Crippen LogP contribution in [0, 0.1) is 0 Å². The van der Waals surface area contributed by atoms with Crippen LogP contribution in [0.3, 0.4) is 0 Å². The third-order valence-electron chi connectivity index (χ3n) is 3.91. The first-order chi connectivity index (χ1) is 11.5. The molecule has 0 unspecified atom stereocenters. The molecular formula is C17H26N4O3. The van der Waals surface area contributed by atoms with Gasteiger partial charge in [0.15, 0.2) is 0 Å². The van der Waals surface area contributed by atoms with Crippen molar-refractivity contribution < 1.29 is 14.3 Å². The minimum Gasteiger partial charge on any atom is -0.497 e. The number of benzene rings is 1. The molecule has 0 saturated carbocycles. The van der Waals surface area contributed by atoms with E-state index in [1.165, 1.54) is 0 Å². The van der Waals surface area contributed by atoms with Gasteiger partial charge in [0.2, 0.25) is 5.91 Å². The molecule has 1 heterocycles. The number of hydrogen-bond donors (Lipinski definition) is 2. The summed E-state index contributed by atoms with van der Waals surface area (Å²) in [5.41, 5.74) is 0.816. The van der Waals surface area contributed by atoms with E-state index in [0.717, 1.165) is 24.4 Å². The van der Waals surface area contributed by atoms with Crippen LogP contribution in [-0.2, 0) is 4.79 Å². The fourth-order valence-electron chi connectivity index (χ4n) is 2.65. The number of methoxy groups -OCH3 is 1. The zero-order chi connectivity index (χ0) is 17.5. The molecule has 0 radical (unpaired) electrons. The second-order valence-electron chi connectivity index (χ2n) is 6.16. The molecular weight excluding hydrogens is 308 g/mol. The highest BCUT2D eigenvalue weighted by Crippen LogP contribution is 2.24. The molecule has 3 amide bonds. The molecule has 132 valence electrons. The lowest BCUT2D eigenvalue weighted by Gasteiger charge is -2.18. The van der Waals surface area contributed by atoms with E-state index in [1.54, 1.807) is 12.0 Å². The molecule has 24 heavy (non-hydrogen) atoms. The molecule has 1 aliphatic heterocycles. The lowest BCUT2D eigenvalue weighted by Crippen LogP contribution is -2.43. The third-order valence-corrected chi connectivity index (χ3v) is 3.91. The van der Waals surface area contributed by atoms with Gasteiger partial charge in [-0.15, -0.1) is 0 Å². The molecule has 0 bridgehead atoms. The summed E-state index contributed by atoms with van der Waals surface area (Å²) in [5, 5.41) is 5.70. The minimum absolute atomic E-state index is 0.0121. The highest BCUT2D eigenvalue weighted by atomic mass is 16.5. The maximum Gasteiger partial charge on any atom is 0.315 e. The number of anilines is 1. The Bertz CT molecular complexity index is 559. The first kappa shape index (κ1) is 18.1. The Balaban J connectivity index is 1.80. The van der Waals surface area contributed by atoms with E-state index in [2.05, 4.69) is 15.5 Å². The quantitative estimate of drug-likeness (QED) is 0.731. The van der Waals surface area contributed by atoms with Crippen LogP contribution in [0.1, 0.15) is 12.8 Å². The molecule has 1 fully saturated rings. The van der Waals surface area contributed by atoms with Crippen molar-refractivity contribution in [3.8, 4) is 5.75 Å². The molecule has 7 heteroatoms. The van der Waals surface area contributed by atoms with Crippen molar-refractivity contribution >= 4 is 17.6 Å². The van der Waals surface area contributed by atoms with Crippen LogP contribution < -0.4 is 20.3 Å². The average molecular weight is 334 g/mol. The van der Waals surface area contributed by atoms with E-state index < -0.39 is 0 Å². The van der Waals surface area contributed by atoms with E-state index in [0.29, 0.717) is 19.5 Å². The van der Waals surface area contributed by atoms with Gasteiger partial charge in [-0.1, -0.05) is 0 Å². The second-order valence-corrected chi connectivity index (χ2v) is 6.16. The lowest BCUT2D eigenvalue weighted by molar-refractivity contribution is -0.117. The number of nitrogens with zero attached hydrogens (tertiary/aromatic N) is 2. The third kappa shape index (κ3) is 5.13. The fourth-order valence-corrected chi connectivity index (χ4v) is 2.65. The number of amides is 3. The summed E-state index contributed by atoms with van der Waals surface area (Å²) in [5.74, 6) is 0.759. The summed E-state index contributed by atoms with van der Waals surface area (Å²) in [6.45, 7) is 2.02. The van der Waals surface area contributed by atoms with Gasteiger partial charge in [-0.05, 0) is 51.3 Å². The predicted octanol–water partition coefficient (Wildman–Crippen LogP) is 1.05. The highest BCUT2D eigenvalue weighted by molar-refractivity contribution is 5.96. The Kier molecular flexibility index (Phi) is 6.43. The summed E-state index contributed by atoms with van der Waals surface area (Å²) in [7, 11) is 5.60. The van der Waals surface area contributed by atoms with Gasteiger partial charge in [0.05, 0.1) is 13.2 Å². The Morgan fingerprint density at radius 1 is 1.33 bits per heavy atom. The summed E-state index contributed by atoms with van der Waals surface area (Å²) < 4.78 is 5.12. The smallest absolute Gasteiger partial charge is 0.315 e. The predicted molar refractivity (Wildman–Crippen MR) is 93.5 cm³/mol. The van der Waals surface area contributed by atoms with Crippen molar-refractivity contribution in [2.45, 2.75) is 18.9 Å². The van der Waals surface area contributed by atoms with Crippen LogP contribution in [-0.4, -0.2) is 63.7 Å². The van der Waals surface area contributed by atoms with E-state index in [1.807, 2.05) is 38.4 Å². The molecule has 0 aromatic heterocycles. The Labute approximate surface area is 142 Å². The van der Waals surface area contributed by atoms with Crippen molar-refractivity contribution in [1.29, 1.82) is 0 Å². The minimum atomic E-state index is -0.219. The first-order valence-corrected chi connectivity index (χ1v) is 8.13. The Hall–Kier alpha value is -2.28. The van der Waals surface area contributed by atoms with Crippen molar-refractivity contribution in [2.75, 3.05) is 45.7 Å². The van der Waals surface area contributed by atoms with Crippen LogP contribution in [0.4, 0.5) is 10.5 Å². The van der Waals surface area contributed by atoms with Gasteiger partial charge < -0.3 is 25.2 Å². The molecule has 1 aliphatic rings. The number of urea groups is 1. The number of ether oxygens (including phenoxy) is 1. The summed E-state index contributed by atoms with van der Waals surface area (Å²) in [6.07, 6.45) is 1.21. The van der Waals surface area contributed by atoms with Crippen molar-refractivity contribution in [3.63, 3.8) is 0 Å². The first-order valence-electron chi connectivity index (χ1n) is 8.13. The molecule has 2 N–H and O–H groups in total. The second kappa shape index (κ2) is 8.54. The van der Waals surface area contributed by atoms with E-state index in [9.17, 15) is 9.59 Å². The largest absolute Gasteiger partial charge is 0.497 e. The van der Waals surface area contributed by atoms with E-state index in [4.69, 9.17) is 4.74 Å². The van der Waals surface area contributed by atoms with Crippen LogP contribution in [0.5, 0.6) is 5.75 Å². The monoisotopic (exact) mass is 334 g/mol. The van der Waals surface area contributed by atoms with Crippen molar-refractivity contribution in [3.05, 3.63) is 24.3 Å². The average Bonchev–Trinajstić information content (AvgIpc) is 2.92. The van der Waals surface area contributed by atoms with Gasteiger partial charge in [0.1, 0.15) is 5.75 Å². The summed E-state index contributed by atoms with van der Waals surface area (Å²) in [6, 6.07) is 6.94. The molecule has 1 aromatic rings. The molecule has 7 nitrogen and oxygen atoms in total. The molecule has 1 aromatic carbocycles. The number of nitrogens with one attached hydrogen (secondary N) is 2. The lowest BCUT2D eigenvalue weighted by atomic mass is 10.2. The zero-order valence-electron chi connectivity index (χ0n) is 14.5. The van der Waals surface area contributed by atoms with E-state index >= 15 is 0 Å². The van der Waals surface area contributed by atoms with Gasteiger partial charge >= 0.3 is 6.03 Å². The standard InChI is InChI=1S/C17H26N4O3/c1-20(2)10-4-9-18-17(23)19-13-11-16(22)21(12-13)14-5-7-15(24-3)8-6-14/h5-8,13H,4,9-12H2,1-3H3,(H2,18,19,23)/t13-/m0/s1. The normalized spacial score (nSPS) is 17.2. The molecule has 0 spiro atoms. The molecule has 2 rings (SSSR count). The summed E-state index contributed by atoms with van der Waals surface area (Å²) >= 11 is 0. The van der Waals surface area contributed by atoms with Gasteiger partial charge in [-0.3, -0.25) is 4.79 Å². The van der Waals surface area contributed by atoms with Crippen molar-refractivity contribution in [2.24, 2.45) is 0 Å². The molecule has 1 atom stereocenters. The van der Waals surface area contributed by atoms with Crippen LogP contribution >= 0.6 is 0 Å². The van der Waals surface area contributed by atoms with E-state index in [-0.39, 0.29) is 18.0 Å². The Morgan fingerprint density at radius 3 is 2.67 bits per heavy atom. The SMILES string of the molecule is COc1ccc(N2C[C@@H](NC(=O)NCCCN(C)C)CC2=O)cc1. The number of carbonyl (C=O) groups excluding carboxylic acids is 2. The van der Waals surface area contributed by atoms with Gasteiger partial charge in [-0.2, -0.15) is 0 Å². The number of hydrogen-bond acceptors (Lipinski definition) is 4. The van der Waals surface area contributed by atoms with Gasteiger partial charge in [0.25, 0.3) is 0 Å². The van der Waals surface area contributed by atoms with Crippen LogP contribution in [0.15, 0.2) is 24.3 Å². The number of carbonyl (C=O) groups is 2. The number of rotatable bonds is 7. The Morgan fingerprint density at radius 2 is 2.04 bits per heavy atom. The van der Waals surface area contributed by atoms with Gasteiger partial charge in [-0.25, -0.2) is 4.79 Å². The van der Waals surface area contributed by atoms with Crippen LogP contribution in [0.2, 0.25) is 0 Å². The van der Waals surface area contributed by atoms with Crippen molar-refractivity contribution in [1.82, 2.24) is 15.5 Å². The maximum absolute atomic E-state index is 12.2. The van der Waals surface area contributed by atoms with Gasteiger partial charge in [0, 0.05) is 25.2 Å². The molecule has 0 aliphatic carbocycles. The van der Waals surface area contributed by atoms with Crippen LogP contribution in [0.25, 0.3) is 0 Å². The maximum atomic E-state index is 12.2.